The zero-order chi connectivity index (χ0) is 16.0. The molecular weight excluding hydrogens is 300 g/mol. The van der Waals surface area contributed by atoms with Crippen LogP contribution in [0.1, 0.15) is 5.56 Å². The van der Waals surface area contributed by atoms with E-state index in [1.54, 1.807) is 0 Å². The van der Waals surface area contributed by atoms with Gasteiger partial charge in [0, 0.05) is 29.0 Å². The number of anilines is 2. The molecule has 2 heterocycles. The van der Waals surface area contributed by atoms with Crippen molar-refractivity contribution in [2.24, 2.45) is 7.05 Å². The number of rotatable bonds is 1. The molecule has 4 rings (SSSR count). The van der Waals surface area contributed by atoms with Gasteiger partial charge in [0.1, 0.15) is 7.05 Å². The molecule has 0 atom stereocenters. The third-order valence-corrected chi connectivity index (χ3v) is 5.56. The topological polar surface area (TPSA) is 7.12 Å². The normalized spacial score (nSPS) is 12.7. The smallest absolute Gasteiger partial charge is 0.212 e. The lowest BCUT2D eigenvalue weighted by atomic mass is 10.0. The molecule has 0 aliphatic carbocycles. The summed E-state index contributed by atoms with van der Waals surface area (Å²) in [7, 11) is 4.25. The molecule has 1 aliphatic heterocycles. The molecule has 0 spiro atoms. The number of hydrogen-bond acceptors (Lipinski definition) is 2. The quantitative estimate of drug-likeness (QED) is 0.599. The molecule has 3 aromatic rings. The van der Waals surface area contributed by atoms with Crippen LogP contribution in [0.15, 0.2) is 70.6 Å². The molecule has 2 nitrogen and oxygen atoms in total. The van der Waals surface area contributed by atoms with Crippen molar-refractivity contribution in [2.45, 2.75) is 16.7 Å². The number of fused-ring (bicyclic) bond motifs is 2. The maximum Gasteiger partial charge on any atom is 0.212 e. The molecule has 0 amide bonds. The van der Waals surface area contributed by atoms with Crippen LogP contribution in [0.3, 0.4) is 0 Å². The fourth-order valence-electron chi connectivity index (χ4n) is 3.16. The first-order valence-electron chi connectivity index (χ1n) is 7.75. The number of hydrogen-bond donors (Lipinski definition) is 0. The van der Waals surface area contributed by atoms with Crippen LogP contribution in [0.2, 0.25) is 0 Å². The number of benzene rings is 2. The Morgan fingerprint density at radius 2 is 1.70 bits per heavy atom. The number of aryl methyl sites for hydroxylation is 2. The molecule has 0 bridgehead atoms. The van der Waals surface area contributed by atoms with Crippen molar-refractivity contribution in [3.05, 3.63) is 66.4 Å². The zero-order valence-corrected chi connectivity index (χ0v) is 14.4. The van der Waals surface area contributed by atoms with Crippen molar-refractivity contribution >= 4 is 23.1 Å². The summed E-state index contributed by atoms with van der Waals surface area (Å²) in [5.41, 5.74) is 6.39. The van der Waals surface area contributed by atoms with Gasteiger partial charge in [-0.3, -0.25) is 0 Å². The second-order valence-electron chi connectivity index (χ2n) is 5.96. The van der Waals surface area contributed by atoms with Crippen LogP contribution in [0.5, 0.6) is 0 Å². The minimum atomic E-state index is 1.24. The fourth-order valence-corrected chi connectivity index (χ4v) is 4.39. The molecule has 2 aromatic carbocycles. The zero-order valence-electron chi connectivity index (χ0n) is 13.6. The maximum absolute atomic E-state index is 2.32. The summed E-state index contributed by atoms with van der Waals surface area (Å²) >= 11 is 1.86. The minimum absolute atomic E-state index is 1.24. The predicted octanol–water partition coefficient (Wildman–Crippen LogP) is 4.72. The second kappa shape index (κ2) is 5.43. The van der Waals surface area contributed by atoms with Crippen molar-refractivity contribution in [3.8, 4) is 11.3 Å². The lowest BCUT2D eigenvalue weighted by Crippen LogP contribution is -2.30. The van der Waals surface area contributed by atoms with Crippen molar-refractivity contribution in [2.75, 3.05) is 11.9 Å². The summed E-state index contributed by atoms with van der Waals surface area (Å²) in [4.78, 5) is 4.94. The summed E-state index contributed by atoms with van der Waals surface area (Å²) in [5, 5.41) is 0. The van der Waals surface area contributed by atoms with Gasteiger partial charge in [-0.15, -0.1) is 0 Å². The molecule has 23 heavy (non-hydrogen) atoms. The Labute approximate surface area is 141 Å². The summed E-state index contributed by atoms with van der Waals surface area (Å²) < 4.78 is 2.18. The summed E-state index contributed by atoms with van der Waals surface area (Å²) in [6.07, 6.45) is 2.10. The van der Waals surface area contributed by atoms with Crippen LogP contribution in [-0.4, -0.2) is 7.05 Å². The highest BCUT2D eigenvalue weighted by Gasteiger charge is 2.23. The molecule has 0 radical (unpaired) electrons. The highest BCUT2D eigenvalue weighted by Crippen LogP contribution is 2.48. The van der Waals surface area contributed by atoms with Gasteiger partial charge < -0.3 is 4.90 Å². The van der Waals surface area contributed by atoms with Crippen molar-refractivity contribution in [1.29, 1.82) is 0 Å². The maximum atomic E-state index is 2.32. The van der Waals surface area contributed by atoms with Gasteiger partial charge in [-0.2, -0.15) is 0 Å². The van der Waals surface area contributed by atoms with Gasteiger partial charge in [0.2, 0.25) is 5.69 Å². The Hall–Kier alpha value is -2.26. The van der Waals surface area contributed by atoms with Crippen LogP contribution in [0.25, 0.3) is 11.3 Å². The summed E-state index contributed by atoms with van der Waals surface area (Å²) in [5.74, 6) is 0. The van der Waals surface area contributed by atoms with Gasteiger partial charge in [0.25, 0.3) is 0 Å². The van der Waals surface area contributed by atoms with Gasteiger partial charge in [0.15, 0.2) is 6.20 Å². The third kappa shape index (κ3) is 2.32. The first-order valence-corrected chi connectivity index (χ1v) is 8.57. The summed E-state index contributed by atoms with van der Waals surface area (Å²) in [6.45, 7) is 2.20. The molecule has 0 unspecified atom stereocenters. The average molecular weight is 319 g/mol. The first kappa shape index (κ1) is 14.3. The Kier molecular flexibility index (Phi) is 3.38. The van der Waals surface area contributed by atoms with E-state index in [4.69, 9.17) is 0 Å². The van der Waals surface area contributed by atoms with Crippen LogP contribution < -0.4 is 9.47 Å². The lowest BCUT2D eigenvalue weighted by Gasteiger charge is -2.30. The van der Waals surface area contributed by atoms with Crippen molar-refractivity contribution in [3.63, 3.8) is 0 Å². The van der Waals surface area contributed by atoms with Crippen LogP contribution >= 0.6 is 11.8 Å². The van der Waals surface area contributed by atoms with Gasteiger partial charge in [0.05, 0.1) is 16.9 Å². The SMILES string of the molecule is Cc1cc2c(cc1-c1cccc[n+]1C)N(C)c1ccccc1S2. The van der Waals surface area contributed by atoms with E-state index < -0.39 is 0 Å². The number of aromatic nitrogens is 1. The molecule has 0 saturated heterocycles. The minimum Gasteiger partial charge on any atom is -0.343 e. The summed E-state index contributed by atoms with van der Waals surface area (Å²) in [6, 6.07) is 19.6. The Balaban J connectivity index is 1.89. The average Bonchev–Trinajstić information content (AvgIpc) is 2.55. The molecule has 1 aromatic heterocycles. The van der Waals surface area contributed by atoms with Crippen LogP contribution in [0, 0.1) is 6.92 Å². The molecule has 0 saturated carbocycles. The number of nitrogens with zero attached hydrogens (tertiary/aromatic N) is 2. The van der Waals surface area contributed by atoms with E-state index in [1.165, 1.54) is 38.0 Å². The molecule has 0 fully saturated rings. The van der Waals surface area contributed by atoms with Crippen LogP contribution in [0.4, 0.5) is 11.4 Å². The van der Waals surface area contributed by atoms with Gasteiger partial charge in [-0.1, -0.05) is 23.9 Å². The van der Waals surface area contributed by atoms with E-state index in [0.717, 1.165) is 0 Å². The Morgan fingerprint density at radius 1 is 0.913 bits per heavy atom. The molecule has 1 aliphatic rings. The second-order valence-corrected chi connectivity index (χ2v) is 7.04. The lowest BCUT2D eigenvalue weighted by molar-refractivity contribution is -0.660. The van der Waals surface area contributed by atoms with E-state index in [9.17, 15) is 0 Å². The van der Waals surface area contributed by atoms with Gasteiger partial charge in [-0.25, -0.2) is 4.57 Å². The number of para-hydroxylation sites is 1. The predicted molar refractivity (Wildman–Crippen MR) is 96.4 cm³/mol. The third-order valence-electron chi connectivity index (χ3n) is 4.44. The van der Waals surface area contributed by atoms with E-state index >= 15 is 0 Å². The fraction of sp³-hybridized carbons (Fsp3) is 0.150. The highest BCUT2D eigenvalue weighted by molar-refractivity contribution is 7.99. The Morgan fingerprint density at radius 3 is 2.52 bits per heavy atom. The van der Waals surface area contributed by atoms with E-state index in [-0.39, 0.29) is 0 Å². The molecule has 3 heteroatoms. The van der Waals surface area contributed by atoms with E-state index in [0.29, 0.717) is 0 Å². The van der Waals surface area contributed by atoms with Crippen LogP contribution in [-0.2, 0) is 7.05 Å². The van der Waals surface area contributed by atoms with Gasteiger partial charge in [-0.05, 0) is 42.8 Å². The van der Waals surface area contributed by atoms with Crippen molar-refractivity contribution < 1.29 is 4.57 Å². The number of pyridine rings is 1. The molecule has 0 N–H and O–H groups in total. The molecule has 114 valence electrons. The van der Waals surface area contributed by atoms with E-state index in [2.05, 4.69) is 91.3 Å². The van der Waals surface area contributed by atoms with E-state index in [1.807, 2.05) is 11.8 Å². The van der Waals surface area contributed by atoms with Gasteiger partial charge >= 0.3 is 0 Å². The standard InChI is InChI=1S/C20H19N2S/c1-14-12-20-18(13-15(14)16-8-6-7-11-21(16)2)22(3)17-9-4-5-10-19(17)23-20/h4-13H,1-3H3/q+1. The monoisotopic (exact) mass is 319 g/mol. The Bertz CT molecular complexity index is 902. The largest absolute Gasteiger partial charge is 0.343 e. The highest BCUT2D eigenvalue weighted by atomic mass is 32.2. The van der Waals surface area contributed by atoms with Crippen molar-refractivity contribution in [1.82, 2.24) is 0 Å². The first-order chi connectivity index (χ1) is 11.1. The molecular formula is C20H19N2S+.